The smallest absolute Gasteiger partial charge is 0.0673 e. The first-order valence-corrected chi connectivity index (χ1v) is 6.48. The van der Waals surface area contributed by atoms with Crippen molar-refractivity contribution in [3.8, 4) is 0 Å². The second-order valence-corrected chi connectivity index (χ2v) is 5.63. The molecule has 2 fully saturated rings. The van der Waals surface area contributed by atoms with Crippen LogP contribution in [-0.2, 0) is 4.74 Å². The van der Waals surface area contributed by atoms with Gasteiger partial charge in [-0.15, -0.1) is 0 Å². The van der Waals surface area contributed by atoms with Crippen LogP contribution >= 0.6 is 0 Å². The first-order chi connectivity index (χ1) is 7.18. The summed E-state index contributed by atoms with van der Waals surface area (Å²) in [6.45, 7) is 3.62. The Morgan fingerprint density at radius 3 is 2.53 bits per heavy atom. The third-order valence-corrected chi connectivity index (χ3v) is 4.24. The highest BCUT2D eigenvalue weighted by Crippen LogP contribution is 2.36. The summed E-state index contributed by atoms with van der Waals surface area (Å²) in [5.74, 6) is 1.13. The predicted octanol–water partition coefficient (Wildman–Crippen LogP) is 2.74. The van der Waals surface area contributed by atoms with Crippen molar-refractivity contribution in [2.75, 3.05) is 13.2 Å². The van der Waals surface area contributed by atoms with Crippen molar-refractivity contribution in [2.45, 2.75) is 57.5 Å². The van der Waals surface area contributed by atoms with E-state index < -0.39 is 5.60 Å². The van der Waals surface area contributed by atoms with Gasteiger partial charge in [0.25, 0.3) is 0 Å². The average molecular weight is 212 g/mol. The third-order valence-electron chi connectivity index (χ3n) is 4.24. The molecule has 2 heteroatoms. The standard InChI is InChI=1S/C13H24O2/c1-13(14,12-7-8-15-10-12)9-11-5-3-2-4-6-11/h11-12,14H,2-10H2,1H3. The van der Waals surface area contributed by atoms with Crippen LogP contribution in [0.1, 0.15) is 51.9 Å². The van der Waals surface area contributed by atoms with Crippen molar-refractivity contribution >= 4 is 0 Å². The Balaban J connectivity index is 1.84. The Morgan fingerprint density at radius 2 is 1.93 bits per heavy atom. The zero-order valence-corrected chi connectivity index (χ0v) is 9.87. The fourth-order valence-electron chi connectivity index (χ4n) is 3.17. The molecular weight excluding hydrogens is 188 g/mol. The molecule has 2 atom stereocenters. The molecular formula is C13H24O2. The lowest BCUT2D eigenvalue weighted by molar-refractivity contribution is -0.0289. The number of hydrogen-bond donors (Lipinski definition) is 1. The van der Waals surface area contributed by atoms with Gasteiger partial charge >= 0.3 is 0 Å². The van der Waals surface area contributed by atoms with Crippen LogP contribution < -0.4 is 0 Å². The molecule has 1 saturated heterocycles. The topological polar surface area (TPSA) is 29.5 Å². The summed E-state index contributed by atoms with van der Waals surface area (Å²) in [7, 11) is 0. The average Bonchev–Trinajstić information content (AvgIpc) is 2.71. The molecule has 1 saturated carbocycles. The van der Waals surface area contributed by atoms with E-state index in [-0.39, 0.29) is 0 Å². The summed E-state index contributed by atoms with van der Waals surface area (Å²) in [6.07, 6.45) is 8.79. The molecule has 2 nitrogen and oxygen atoms in total. The second kappa shape index (κ2) is 4.84. The highest BCUT2D eigenvalue weighted by atomic mass is 16.5. The molecule has 1 heterocycles. The largest absolute Gasteiger partial charge is 0.390 e. The van der Waals surface area contributed by atoms with E-state index in [9.17, 15) is 5.11 Å². The molecule has 0 bridgehead atoms. The number of hydrogen-bond acceptors (Lipinski definition) is 2. The molecule has 15 heavy (non-hydrogen) atoms. The summed E-state index contributed by atoms with van der Waals surface area (Å²) in [4.78, 5) is 0. The van der Waals surface area contributed by atoms with Crippen molar-refractivity contribution < 1.29 is 9.84 Å². The van der Waals surface area contributed by atoms with Crippen LogP contribution in [-0.4, -0.2) is 23.9 Å². The van der Waals surface area contributed by atoms with E-state index in [0.29, 0.717) is 5.92 Å². The summed E-state index contributed by atoms with van der Waals surface area (Å²) in [6, 6.07) is 0. The van der Waals surface area contributed by atoms with E-state index in [2.05, 4.69) is 0 Å². The molecule has 2 aliphatic rings. The molecule has 0 aromatic carbocycles. The molecule has 0 aromatic rings. The van der Waals surface area contributed by atoms with Crippen LogP contribution in [0, 0.1) is 11.8 Å². The van der Waals surface area contributed by atoms with E-state index >= 15 is 0 Å². The molecule has 2 unspecified atom stereocenters. The SMILES string of the molecule is CC(O)(CC1CCCCC1)C1CCOC1. The van der Waals surface area contributed by atoms with Crippen LogP contribution in [0.25, 0.3) is 0 Å². The van der Waals surface area contributed by atoms with Crippen molar-refractivity contribution in [1.82, 2.24) is 0 Å². The van der Waals surface area contributed by atoms with Gasteiger partial charge in [-0.1, -0.05) is 32.1 Å². The van der Waals surface area contributed by atoms with Crippen LogP contribution in [0.15, 0.2) is 0 Å². The van der Waals surface area contributed by atoms with E-state index in [1.165, 1.54) is 32.1 Å². The quantitative estimate of drug-likeness (QED) is 0.779. The minimum atomic E-state index is -0.488. The molecule has 0 amide bonds. The highest BCUT2D eigenvalue weighted by molar-refractivity contribution is 4.87. The monoisotopic (exact) mass is 212 g/mol. The van der Waals surface area contributed by atoms with Gasteiger partial charge in [0.1, 0.15) is 0 Å². The molecule has 0 aromatic heterocycles. The van der Waals surface area contributed by atoms with Crippen molar-refractivity contribution in [1.29, 1.82) is 0 Å². The number of ether oxygens (including phenoxy) is 1. The van der Waals surface area contributed by atoms with Crippen molar-refractivity contribution in [2.24, 2.45) is 11.8 Å². The highest BCUT2D eigenvalue weighted by Gasteiger charge is 2.36. The lowest BCUT2D eigenvalue weighted by Gasteiger charge is -2.34. The van der Waals surface area contributed by atoms with Gasteiger partial charge in [-0.25, -0.2) is 0 Å². The summed E-state index contributed by atoms with van der Waals surface area (Å²) in [5.41, 5.74) is -0.488. The molecule has 88 valence electrons. The Kier molecular flexibility index (Phi) is 3.68. The molecule has 1 aliphatic heterocycles. The Labute approximate surface area is 93.0 Å². The van der Waals surface area contributed by atoms with Gasteiger partial charge < -0.3 is 9.84 Å². The maximum atomic E-state index is 10.5. The van der Waals surface area contributed by atoms with Gasteiger partial charge in [0.15, 0.2) is 0 Å². The fraction of sp³-hybridized carbons (Fsp3) is 1.00. The first kappa shape index (κ1) is 11.4. The molecule has 0 spiro atoms. The van der Waals surface area contributed by atoms with Crippen LogP contribution in [0.3, 0.4) is 0 Å². The summed E-state index contributed by atoms with van der Waals surface area (Å²) in [5, 5.41) is 10.5. The zero-order valence-electron chi connectivity index (χ0n) is 9.87. The molecule has 2 rings (SSSR count). The first-order valence-electron chi connectivity index (χ1n) is 6.48. The van der Waals surface area contributed by atoms with Gasteiger partial charge in [0.05, 0.1) is 12.2 Å². The van der Waals surface area contributed by atoms with Crippen LogP contribution in [0.5, 0.6) is 0 Å². The summed E-state index contributed by atoms with van der Waals surface area (Å²) < 4.78 is 5.37. The van der Waals surface area contributed by atoms with Gasteiger partial charge in [-0.2, -0.15) is 0 Å². The molecule has 0 radical (unpaired) electrons. The van der Waals surface area contributed by atoms with E-state index in [0.717, 1.165) is 32.0 Å². The minimum absolute atomic E-state index is 0.374. The summed E-state index contributed by atoms with van der Waals surface area (Å²) >= 11 is 0. The van der Waals surface area contributed by atoms with Crippen LogP contribution in [0.2, 0.25) is 0 Å². The normalized spacial score (nSPS) is 32.8. The maximum Gasteiger partial charge on any atom is 0.0673 e. The van der Waals surface area contributed by atoms with Gasteiger partial charge in [0, 0.05) is 12.5 Å². The lowest BCUT2D eigenvalue weighted by Crippen LogP contribution is -2.37. The number of aliphatic hydroxyl groups is 1. The van der Waals surface area contributed by atoms with E-state index in [1.807, 2.05) is 6.92 Å². The Bertz CT molecular complexity index is 189. The lowest BCUT2D eigenvalue weighted by atomic mass is 9.76. The van der Waals surface area contributed by atoms with Gasteiger partial charge in [-0.3, -0.25) is 0 Å². The van der Waals surface area contributed by atoms with Crippen molar-refractivity contribution in [3.63, 3.8) is 0 Å². The number of rotatable bonds is 3. The molecule has 1 N–H and O–H groups in total. The predicted molar refractivity (Wildman–Crippen MR) is 60.7 cm³/mol. The van der Waals surface area contributed by atoms with E-state index in [4.69, 9.17) is 4.74 Å². The van der Waals surface area contributed by atoms with Crippen LogP contribution in [0.4, 0.5) is 0 Å². The Morgan fingerprint density at radius 1 is 1.20 bits per heavy atom. The van der Waals surface area contributed by atoms with E-state index in [1.54, 1.807) is 0 Å². The van der Waals surface area contributed by atoms with Gasteiger partial charge in [-0.05, 0) is 25.7 Å². The minimum Gasteiger partial charge on any atom is -0.390 e. The third kappa shape index (κ3) is 2.94. The molecule has 1 aliphatic carbocycles. The second-order valence-electron chi connectivity index (χ2n) is 5.63. The van der Waals surface area contributed by atoms with Gasteiger partial charge in [0.2, 0.25) is 0 Å². The van der Waals surface area contributed by atoms with Crippen molar-refractivity contribution in [3.05, 3.63) is 0 Å². The zero-order chi connectivity index (χ0) is 10.7. The Hall–Kier alpha value is -0.0800. The maximum absolute atomic E-state index is 10.5. The fourth-order valence-corrected chi connectivity index (χ4v) is 3.17.